The second-order valence-electron chi connectivity index (χ2n) is 3.20. The van der Waals surface area contributed by atoms with Crippen molar-refractivity contribution in [3.05, 3.63) is 34.9 Å². The van der Waals surface area contributed by atoms with Gasteiger partial charge < -0.3 is 11.5 Å². The van der Waals surface area contributed by atoms with Gasteiger partial charge in [0.1, 0.15) is 4.99 Å². The molecule has 0 aliphatic rings. The molecule has 1 rings (SSSR count). The fraction of sp³-hybridized carbons (Fsp3) is 0.333. The Morgan fingerprint density at radius 1 is 1.08 bits per heavy atom. The molecule has 0 atom stereocenters. The van der Waals surface area contributed by atoms with Crippen molar-refractivity contribution in [2.75, 3.05) is 0 Å². The van der Waals surface area contributed by atoms with E-state index in [1.807, 2.05) is 26.0 Å². The van der Waals surface area contributed by atoms with Crippen molar-refractivity contribution in [3.8, 4) is 0 Å². The molecular weight excluding hydrogens is 168 g/mol. The topological polar surface area (TPSA) is 52.0 Å². The molecule has 4 N–H and O–H groups in total. The molecule has 3 heteroatoms. The molecular formula is C9H14N2S. The molecule has 0 saturated heterocycles. The molecule has 12 heavy (non-hydrogen) atoms. The van der Waals surface area contributed by atoms with Crippen LogP contribution in [0.15, 0.2) is 18.2 Å². The highest BCUT2D eigenvalue weighted by Gasteiger charge is 2.15. The van der Waals surface area contributed by atoms with E-state index in [1.165, 1.54) is 0 Å². The average Bonchev–Trinajstić information content (AvgIpc) is 1.82. The lowest BCUT2D eigenvalue weighted by atomic mass is 10.1. The first-order valence-electron chi connectivity index (χ1n) is 3.78. The van der Waals surface area contributed by atoms with Gasteiger partial charge in [-0.15, -0.1) is 12.6 Å². The smallest absolute Gasteiger partial charge is 0.135 e. The van der Waals surface area contributed by atoms with Crippen LogP contribution in [-0.2, 0) is 4.99 Å². The third-order valence-electron chi connectivity index (χ3n) is 1.68. The van der Waals surface area contributed by atoms with Gasteiger partial charge in [-0.05, 0) is 19.4 Å². The Balaban J connectivity index is 3.18. The van der Waals surface area contributed by atoms with E-state index in [2.05, 4.69) is 18.7 Å². The summed E-state index contributed by atoms with van der Waals surface area (Å²) in [6.07, 6.45) is 0. The zero-order valence-corrected chi connectivity index (χ0v) is 8.23. The number of hydrogen-bond acceptors (Lipinski definition) is 3. The Labute approximate surface area is 78.4 Å². The fourth-order valence-electron chi connectivity index (χ4n) is 1.21. The highest BCUT2D eigenvalue weighted by atomic mass is 32.1. The van der Waals surface area contributed by atoms with Crippen LogP contribution in [0, 0.1) is 13.8 Å². The summed E-state index contributed by atoms with van der Waals surface area (Å²) in [6, 6.07) is 5.96. The highest BCUT2D eigenvalue weighted by molar-refractivity contribution is 7.81. The molecule has 0 aliphatic carbocycles. The van der Waals surface area contributed by atoms with Gasteiger partial charge in [0, 0.05) is 0 Å². The lowest BCUT2D eigenvalue weighted by Gasteiger charge is -2.19. The van der Waals surface area contributed by atoms with E-state index >= 15 is 0 Å². The van der Waals surface area contributed by atoms with Crippen molar-refractivity contribution in [1.29, 1.82) is 0 Å². The molecule has 0 heterocycles. The largest absolute Gasteiger partial charge is 0.301 e. The summed E-state index contributed by atoms with van der Waals surface area (Å²) in [5.41, 5.74) is 14.4. The number of benzene rings is 1. The maximum absolute atomic E-state index is 5.64. The SMILES string of the molecule is Cc1cc(C)cc(C(N)(N)S)c1. The standard InChI is InChI=1S/C9H14N2S/c1-6-3-7(2)5-8(4-6)9(10,11)12/h3-5,12H,10-11H2,1-2H3. The Morgan fingerprint density at radius 3 is 1.83 bits per heavy atom. The minimum atomic E-state index is -1.03. The van der Waals surface area contributed by atoms with Crippen LogP contribution in [0.2, 0.25) is 0 Å². The van der Waals surface area contributed by atoms with Crippen molar-refractivity contribution in [3.63, 3.8) is 0 Å². The minimum Gasteiger partial charge on any atom is -0.301 e. The van der Waals surface area contributed by atoms with Crippen LogP contribution in [-0.4, -0.2) is 0 Å². The predicted molar refractivity (Wildman–Crippen MR) is 55.0 cm³/mol. The molecule has 0 saturated carbocycles. The Kier molecular flexibility index (Phi) is 2.46. The van der Waals surface area contributed by atoms with Gasteiger partial charge in [-0.2, -0.15) is 0 Å². The third kappa shape index (κ3) is 2.24. The van der Waals surface area contributed by atoms with Crippen LogP contribution in [0.25, 0.3) is 0 Å². The normalized spacial score (nSPS) is 11.8. The Hall–Kier alpha value is -0.510. The van der Waals surface area contributed by atoms with E-state index in [1.54, 1.807) is 0 Å². The molecule has 0 aliphatic heterocycles. The van der Waals surface area contributed by atoms with E-state index in [4.69, 9.17) is 11.5 Å². The maximum atomic E-state index is 5.64. The molecule has 0 amide bonds. The molecule has 0 aromatic heterocycles. The number of rotatable bonds is 1. The van der Waals surface area contributed by atoms with Crippen LogP contribution in [0.3, 0.4) is 0 Å². The van der Waals surface area contributed by atoms with Crippen LogP contribution < -0.4 is 11.5 Å². The maximum Gasteiger partial charge on any atom is 0.135 e. The number of nitrogens with two attached hydrogens (primary N) is 2. The van der Waals surface area contributed by atoms with Crippen LogP contribution in [0.1, 0.15) is 16.7 Å². The lowest BCUT2D eigenvalue weighted by molar-refractivity contribution is 0.701. The lowest BCUT2D eigenvalue weighted by Crippen LogP contribution is -2.40. The van der Waals surface area contributed by atoms with Crippen molar-refractivity contribution in [1.82, 2.24) is 0 Å². The quantitative estimate of drug-likeness (QED) is 0.452. The summed E-state index contributed by atoms with van der Waals surface area (Å²) in [5, 5.41) is 0. The molecule has 1 aromatic rings. The summed E-state index contributed by atoms with van der Waals surface area (Å²) in [4.78, 5) is -1.03. The van der Waals surface area contributed by atoms with E-state index in [0.717, 1.165) is 16.7 Å². The molecule has 2 nitrogen and oxygen atoms in total. The van der Waals surface area contributed by atoms with Crippen LogP contribution in [0.4, 0.5) is 0 Å². The molecule has 0 spiro atoms. The summed E-state index contributed by atoms with van der Waals surface area (Å²) in [6.45, 7) is 4.02. The second-order valence-corrected chi connectivity index (χ2v) is 3.94. The summed E-state index contributed by atoms with van der Waals surface area (Å²) in [5.74, 6) is 0. The van der Waals surface area contributed by atoms with Crippen molar-refractivity contribution >= 4 is 12.6 Å². The van der Waals surface area contributed by atoms with Crippen molar-refractivity contribution in [2.45, 2.75) is 18.8 Å². The number of aryl methyl sites for hydroxylation is 2. The second kappa shape index (κ2) is 3.09. The third-order valence-corrected chi connectivity index (χ3v) is 1.94. The molecule has 0 unspecified atom stereocenters. The van der Waals surface area contributed by atoms with Crippen molar-refractivity contribution < 1.29 is 0 Å². The first-order valence-corrected chi connectivity index (χ1v) is 4.23. The first-order chi connectivity index (χ1) is 5.39. The first kappa shape index (κ1) is 9.58. The molecule has 0 radical (unpaired) electrons. The molecule has 0 bridgehead atoms. The van der Waals surface area contributed by atoms with Crippen LogP contribution in [0.5, 0.6) is 0 Å². The molecule has 1 aromatic carbocycles. The molecule has 0 fully saturated rings. The van der Waals surface area contributed by atoms with Crippen molar-refractivity contribution in [2.24, 2.45) is 11.5 Å². The van der Waals surface area contributed by atoms with Gasteiger partial charge in [-0.1, -0.05) is 29.3 Å². The van der Waals surface area contributed by atoms with Gasteiger partial charge in [0.25, 0.3) is 0 Å². The summed E-state index contributed by atoms with van der Waals surface area (Å²) in [7, 11) is 0. The van der Waals surface area contributed by atoms with E-state index in [0.29, 0.717) is 0 Å². The predicted octanol–water partition coefficient (Wildman–Crippen LogP) is 1.26. The van der Waals surface area contributed by atoms with Gasteiger partial charge >= 0.3 is 0 Å². The Morgan fingerprint density at radius 2 is 1.50 bits per heavy atom. The summed E-state index contributed by atoms with van der Waals surface area (Å²) < 4.78 is 0. The Bertz CT molecular complexity index is 269. The van der Waals surface area contributed by atoms with Gasteiger partial charge in [0.05, 0.1) is 0 Å². The summed E-state index contributed by atoms with van der Waals surface area (Å²) >= 11 is 4.09. The fourth-order valence-corrected chi connectivity index (χ4v) is 1.33. The van der Waals surface area contributed by atoms with E-state index in [9.17, 15) is 0 Å². The number of hydrogen-bond donors (Lipinski definition) is 3. The number of thiol groups is 1. The monoisotopic (exact) mass is 182 g/mol. The highest BCUT2D eigenvalue weighted by Crippen LogP contribution is 2.19. The van der Waals surface area contributed by atoms with Gasteiger partial charge in [0.2, 0.25) is 0 Å². The van der Waals surface area contributed by atoms with E-state index < -0.39 is 4.99 Å². The van der Waals surface area contributed by atoms with Gasteiger partial charge in [-0.25, -0.2) is 0 Å². The minimum absolute atomic E-state index is 0.850. The van der Waals surface area contributed by atoms with Gasteiger partial charge in [0.15, 0.2) is 0 Å². The zero-order chi connectivity index (χ0) is 9.35. The van der Waals surface area contributed by atoms with E-state index in [-0.39, 0.29) is 0 Å². The molecule has 66 valence electrons. The average molecular weight is 182 g/mol. The van der Waals surface area contributed by atoms with Gasteiger partial charge in [-0.3, -0.25) is 0 Å². The van der Waals surface area contributed by atoms with Crippen LogP contribution >= 0.6 is 12.6 Å². The zero-order valence-electron chi connectivity index (χ0n) is 7.33.